The summed E-state index contributed by atoms with van der Waals surface area (Å²) in [4.78, 5) is 0. The van der Waals surface area contributed by atoms with E-state index in [2.05, 4.69) is 28.1 Å². The second-order valence-corrected chi connectivity index (χ2v) is 4.46. The van der Waals surface area contributed by atoms with Crippen molar-refractivity contribution in [1.29, 1.82) is 0 Å². The predicted octanol–water partition coefficient (Wildman–Crippen LogP) is 1.38. The van der Waals surface area contributed by atoms with E-state index in [9.17, 15) is 0 Å². The third-order valence-corrected chi connectivity index (χ3v) is 3.07. The van der Waals surface area contributed by atoms with Crippen LogP contribution >= 0.6 is 23.3 Å². The minimum atomic E-state index is 0.664. The van der Waals surface area contributed by atoms with Gasteiger partial charge in [-0.2, -0.15) is 11.8 Å². The van der Waals surface area contributed by atoms with Crippen molar-refractivity contribution in [2.45, 2.75) is 18.7 Å². The van der Waals surface area contributed by atoms with Gasteiger partial charge in [-0.15, -0.1) is 5.10 Å². The van der Waals surface area contributed by atoms with Gasteiger partial charge >= 0.3 is 0 Å². The van der Waals surface area contributed by atoms with Gasteiger partial charge in [0, 0.05) is 23.7 Å². The average molecular weight is 203 g/mol. The molecule has 0 aliphatic carbocycles. The maximum Gasteiger partial charge on any atom is 0.0893 e. The van der Waals surface area contributed by atoms with Crippen molar-refractivity contribution in [3.8, 4) is 0 Å². The number of nitrogens with one attached hydrogen (secondary N) is 1. The first-order chi connectivity index (χ1) is 5.83. The number of aromatic nitrogens is 2. The van der Waals surface area contributed by atoms with Gasteiger partial charge in [0.2, 0.25) is 0 Å². The highest BCUT2D eigenvalue weighted by molar-refractivity contribution is 7.99. The molecule has 1 aromatic heterocycles. The van der Waals surface area contributed by atoms with Gasteiger partial charge in [-0.05, 0) is 17.8 Å². The van der Waals surface area contributed by atoms with Gasteiger partial charge in [0.1, 0.15) is 0 Å². The van der Waals surface area contributed by atoms with E-state index in [-0.39, 0.29) is 0 Å². The van der Waals surface area contributed by atoms with E-state index in [1.165, 1.54) is 11.5 Å². The molecule has 0 amide bonds. The van der Waals surface area contributed by atoms with E-state index in [4.69, 9.17) is 0 Å². The van der Waals surface area contributed by atoms with Crippen LogP contribution in [0.4, 0.5) is 0 Å². The van der Waals surface area contributed by atoms with E-state index in [1.54, 1.807) is 0 Å². The molecular formula is C7H13N3S2. The maximum atomic E-state index is 3.94. The number of rotatable bonds is 5. The zero-order valence-corrected chi connectivity index (χ0v) is 8.91. The van der Waals surface area contributed by atoms with Crippen molar-refractivity contribution in [2.75, 3.05) is 12.8 Å². The van der Waals surface area contributed by atoms with Crippen molar-refractivity contribution >= 4 is 23.3 Å². The highest BCUT2D eigenvalue weighted by atomic mass is 32.2. The van der Waals surface area contributed by atoms with Crippen LogP contribution in [0.1, 0.15) is 12.6 Å². The quantitative estimate of drug-likeness (QED) is 0.784. The average Bonchev–Trinajstić information content (AvgIpc) is 2.57. The van der Waals surface area contributed by atoms with E-state index in [1.807, 2.05) is 17.1 Å². The fraction of sp³-hybridized carbons (Fsp3) is 0.714. The van der Waals surface area contributed by atoms with Crippen LogP contribution < -0.4 is 5.32 Å². The summed E-state index contributed by atoms with van der Waals surface area (Å²) in [6.07, 6.45) is 2.12. The lowest BCUT2D eigenvalue weighted by Gasteiger charge is -2.07. The number of hydrogen-bond acceptors (Lipinski definition) is 5. The lowest BCUT2D eigenvalue weighted by Crippen LogP contribution is -2.22. The second kappa shape index (κ2) is 5.50. The summed E-state index contributed by atoms with van der Waals surface area (Å²) >= 11 is 3.26. The molecule has 3 nitrogen and oxygen atoms in total. The minimum Gasteiger partial charge on any atom is -0.310 e. The Morgan fingerprint density at radius 1 is 1.75 bits per heavy atom. The minimum absolute atomic E-state index is 0.664. The van der Waals surface area contributed by atoms with Crippen molar-refractivity contribution < 1.29 is 0 Å². The fourth-order valence-corrected chi connectivity index (χ4v) is 1.48. The van der Waals surface area contributed by atoms with Crippen LogP contribution in [0, 0.1) is 0 Å². The summed E-state index contributed by atoms with van der Waals surface area (Å²) < 4.78 is 3.79. The summed E-state index contributed by atoms with van der Waals surface area (Å²) in [7, 11) is 0. The van der Waals surface area contributed by atoms with Gasteiger partial charge in [-0.1, -0.05) is 11.4 Å². The summed E-state index contributed by atoms with van der Waals surface area (Å²) in [5.41, 5.74) is 1.04. The molecule has 68 valence electrons. The van der Waals surface area contributed by atoms with Gasteiger partial charge in [-0.3, -0.25) is 0 Å². The Balaban J connectivity index is 2.11. The highest BCUT2D eigenvalue weighted by Crippen LogP contribution is 2.03. The molecule has 1 unspecified atom stereocenters. The third kappa shape index (κ3) is 3.51. The topological polar surface area (TPSA) is 37.8 Å². The Morgan fingerprint density at radius 3 is 3.17 bits per heavy atom. The molecule has 0 aliphatic rings. The van der Waals surface area contributed by atoms with E-state index < -0.39 is 0 Å². The molecule has 1 N–H and O–H groups in total. The van der Waals surface area contributed by atoms with Gasteiger partial charge in [0.05, 0.1) is 5.69 Å². The molecule has 0 fully saturated rings. The summed E-state index contributed by atoms with van der Waals surface area (Å²) in [6.45, 7) is 4.07. The molecule has 1 aromatic rings. The normalized spacial score (nSPS) is 13.2. The van der Waals surface area contributed by atoms with Crippen LogP contribution in [-0.4, -0.2) is 27.6 Å². The largest absolute Gasteiger partial charge is 0.310 e. The molecule has 1 atom stereocenters. The smallest absolute Gasteiger partial charge is 0.0893 e. The number of thioether (sulfide) groups is 1. The molecule has 1 heterocycles. The lowest BCUT2D eigenvalue weighted by atomic mass is 10.4. The van der Waals surface area contributed by atoms with Gasteiger partial charge < -0.3 is 5.32 Å². The van der Waals surface area contributed by atoms with E-state index in [0.29, 0.717) is 5.25 Å². The first-order valence-corrected chi connectivity index (χ1v) is 5.95. The predicted molar refractivity (Wildman–Crippen MR) is 54.6 cm³/mol. The van der Waals surface area contributed by atoms with Gasteiger partial charge in [0.15, 0.2) is 0 Å². The van der Waals surface area contributed by atoms with Crippen LogP contribution in [0.25, 0.3) is 0 Å². The third-order valence-electron chi connectivity index (χ3n) is 1.55. The van der Waals surface area contributed by atoms with Crippen LogP contribution in [0.15, 0.2) is 5.38 Å². The Bertz CT molecular complexity index is 200. The summed E-state index contributed by atoms with van der Waals surface area (Å²) in [5.74, 6) is 0. The molecule has 0 bridgehead atoms. The fourth-order valence-electron chi connectivity index (χ4n) is 0.748. The van der Waals surface area contributed by atoms with Crippen molar-refractivity contribution in [3.05, 3.63) is 11.1 Å². The Morgan fingerprint density at radius 2 is 2.58 bits per heavy atom. The molecule has 0 aromatic carbocycles. The Hall–Kier alpha value is -0.130. The molecule has 0 aliphatic heterocycles. The SMILES string of the molecule is CSC(C)CNCc1csnn1. The maximum absolute atomic E-state index is 3.94. The van der Waals surface area contributed by atoms with Crippen LogP contribution in [0.2, 0.25) is 0 Å². The molecule has 1 rings (SSSR count). The second-order valence-electron chi connectivity index (χ2n) is 2.57. The van der Waals surface area contributed by atoms with Gasteiger partial charge in [-0.25, -0.2) is 0 Å². The van der Waals surface area contributed by atoms with Gasteiger partial charge in [0.25, 0.3) is 0 Å². The molecule has 5 heteroatoms. The zero-order chi connectivity index (χ0) is 8.81. The molecule has 12 heavy (non-hydrogen) atoms. The molecule has 0 spiro atoms. The van der Waals surface area contributed by atoms with Crippen LogP contribution in [0.3, 0.4) is 0 Å². The van der Waals surface area contributed by atoms with Crippen LogP contribution in [-0.2, 0) is 6.54 Å². The lowest BCUT2D eigenvalue weighted by molar-refractivity contribution is 0.671. The van der Waals surface area contributed by atoms with E-state index in [0.717, 1.165) is 18.8 Å². The zero-order valence-electron chi connectivity index (χ0n) is 7.28. The molecular weight excluding hydrogens is 190 g/mol. The van der Waals surface area contributed by atoms with Crippen LogP contribution in [0.5, 0.6) is 0 Å². The monoisotopic (exact) mass is 203 g/mol. The van der Waals surface area contributed by atoms with E-state index >= 15 is 0 Å². The van der Waals surface area contributed by atoms with Crippen molar-refractivity contribution in [1.82, 2.24) is 14.9 Å². The Labute approximate surface area is 81.1 Å². The Kier molecular flexibility index (Phi) is 4.57. The van der Waals surface area contributed by atoms with Crippen molar-refractivity contribution in [2.24, 2.45) is 0 Å². The molecule has 0 saturated heterocycles. The number of nitrogens with zero attached hydrogens (tertiary/aromatic N) is 2. The standard InChI is InChI=1S/C7H13N3S2/c1-6(11-2)3-8-4-7-5-12-10-9-7/h5-6,8H,3-4H2,1-2H3. The highest BCUT2D eigenvalue weighted by Gasteiger charge is 1.99. The number of hydrogen-bond donors (Lipinski definition) is 1. The first kappa shape index (κ1) is 9.95. The molecule has 0 radical (unpaired) electrons. The summed E-state index contributed by atoms with van der Waals surface area (Å²) in [5, 5.41) is 9.89. The van der Waals surface area contributed by atoms with Crippen molar-refractivity contribution in [3.63, 3.8) is 0 Å². The molecule has 0 saturated carbocycles. The summed E-state index contributed by atoms with van der Waals surface area (Å²) in [6, 6.07) is 0. The first-order valence-electron chi connectivity index (χ1n) is 3.82.